The Morgan fingerprint density at radius 1 is 1.40 bits per heavy atom. The summed E-state index contributed by atoms with van der Waals surface area (Å²) >= 11 is 0. The Morgan fingerprint density at radius 3 is 2.95 bits per heavy atom. The number of rotatable bonds is 7. The van der Waals surface area contributed by atoms with Crippen molar-refractivity contribution < 1.29 is 14.8 Å². The Labute approximate surface area is 115 Å². The van der Waals surface area contributed by atoms with E-state index >= 15 is 0 Å². The molecule has 0 atom stereocenters. The van der Waals surface area contributed by atoms with Gasteiger partial charge in [0.2, 0.25) is 0 Å². The molecule has 2 N–H and O–H groups in total. The highest BCUT2D eigenvalue weighted by atomic mass is 16.6. The second-order valence-corrected chi connectivity index (χ2v) is 4.10. The molecule has 106 valence electrons. The molecule has 0 bridgehead atoms. The van der Waals surface area contributed by atoms with Gasteiger partial charge >= 0.3 is 5.69 Å². The van der Waals surface area contributed by atoms with Gasteiger partial charge in [0.1, 0.15) is 18.6 Å². The van der Waals surface area contributed by atoms with Crippen LogP contribution >= 0.6 is 0 Å². The van der Waals surface area contributed by atoms with Crippen molar-refractivity contribution in [3.05, 3.63) is 40.6 Å². The second-order valence-electron chi connectivity index (χ2n) is 4.10. The van der Waals surface area contributed by atoms with E-state index in [4.69, 9.17) is 9.84 Å². The molecule has 0 saturated carbocycles. The van der Waals surface area contributed by atoms with Gasteiger partial charge in [-0.05, 0) is 12.5 Å². The van der Waals surface area contributed by atoms with Gasteiger partial charge in [0.05, 0.1) is 17.0 Å². The Hall–Kier alpha value is -2.25. The van der Waals surface area contributed by atoms with E-state index in [9.17, 15) is 10.1 Å². The van der Waals surface area contributed by atoms with Gasteiger partial charge in [-0.25, -0.2) is 4.98 Å². The molecule has 7 nitrogen and oxygen atoms in total. The molecule has 1 aromatic carbocycles. The van der Waals surface area contributed by atoms with Crippen LogP contribution in [0.4, 0.5) is 11.4 Å². The third-order valence-electron chi connectivity index (χ3n) is 2.75. The van der Waals surface area contributed by atoms with E-state index in [2.05, 4.69) is 10.3 Å². The number of nitrogens with one attached hydrogen (secondary N) is 1. The predicted molar refractivity (Wildman–Crippen MR) is 74.5 cm³/mol. The van der Waals surface area contributed by atoms with Crippen molar-refractivity contribution >= 4 is 22.3 Å². The molecule has 2 rings (SSSR count). The molecule has 0 aliphatic heterocycles. The molecule has 0 spiro atoms. The highest BCUT2D eigenvalue weighted by Crippen LogP contribution is 2.31. The smallest absolute Gasteiger partial charge is 0.311 e. The first-order valence-electron chi connectivity index (χ1n) is 6.18. The summed E-state index contributed by atoms with van der Waals surface area (Å²) in [6.45, 7) is 0.577. The van der Waals surface area contributed by atoms with Gasteiger partial charge in [-0.15, -0.1) is 0 Å². The van der Waals surface area contributed by atoms with E-state index in [1.54, 1.807) is 18.2 Å². The van der Waals surface area contributed by atoms with E-state index in [-0.39, 0.29) is 19.0 Å². The second kappa shape index (κ2) is 6.78. The van der Waals surface area contributed by atoms with Crippen LogP contribution in [0.1, 0.15) is 6.42 Å². The molecular formula is C13H15N3O4. The summed E-state index contributed by atoms with van der Waals surface area (Å²) in [5.41, 5.74) is 0.981. The van der Waals surface area contributed by atoms with Gasteiger partial charge in [-0.1, -0.05) is 18.2 Å². The Bertz CT molecular complexity index is 603. The number of anilines is 1. The molecule has 20 heavy (non-hydrogen) atoms. The largest absolute Gasteiger partial charge is 0.396 e. The first-order valence-corrected chi connectivity index (χ1v) is 6.18. The zero-order valence-corrected chi connectivity index (χ0v) is 10.8. The summed E-state index contributed by atoms with van der Waals surface area (Å²) in [6.07, 6.45) is 1.76. The van der Waals surface area contributed by atoms with Crippen molar-refractivity contribution in [2.75, 3.05) is 25.3 Å². The van der Waals surface area contributed by atoms with Gasteiger partial charge in [-0.2, -0.15) is 0 Å². The molecule has 0 aliphatic carbocycles. The van der Waals surface area contributed by atoms with Gasteiger partial charge in [0.25, 0.3) is 0 Å². The maximum atomic E-state index is 11.1. The molecule has 0 amide bonds. The van der Waals surface area contributed by atoms with Crippen molar-refractivity contribution in [1.29, 1.82) is 0 Å². The summed E-state index contributed by atoms with van der Waals surface area (Å²) in [7, 11) is 0. The maximum absolute atomic E-state index is 11.1. The maximum Gasteiger partial charge on any atom is 0.311 e. The lowest BCUT2D eigenvalue weighted by atomic mass is 10.1. The van der Waals surface area contributed by atoms with Gasteiger partial charge in [0.15, 0.2) is 0 Å². The lowest BCUT2D eigenvalue weighted by Crippen LogP contribution is -2.10. The van der Waals surface area contributed by atoms with Crippen molar-refractivity contribution in [3.8, 4) is 0 Å². The lowest BCUT2D eigenvalue weighted by Gasteiger charge is -2.10. The minimum absolute atomic E-state index is 0.0539. The monoisotopic (exact) mass is 277 g/mol. The number of pyridine rings is 1. The number of hydrogen-bond donors (Lipinski definition) is 2. The SMILES string of the molecule is O=[N+]([O-])c1cnc2ccccc2c1NCOCCCO. The molecule has 0 aliphatic rings. The standard InChI is InChI=1S/C13H15N3O4/c17-6-3-7-20-9-15-13-10-4-1-2-5-11(10)14-8-12(13)16(18)19/h1-2,4-5,8,17H,3,6-7,9H2,(H,14,15). The van der Waals surface area contributed by atoms with Crippen LogP contribution < -0.4 is 5.32 Å². The number of nitrogens with zero attached hydrogens (tertiary/aromatic N) is 2. The number of ether oxygens (including phenoxy) is 1. The zero-order chi connectivity index (χ0) is 14.4. The minimum Gasteiger partial charge on any atom is -0.396 e. The molecule has 1 aromatic heterocycles. The van der Waals surface area contributed by atoms with E-state index in [1.165, 1.54) is 6.20 Å². The van der Waals surface area contributed by atoms with Crippen LogP contribution in [0.2, 0.25) is 0 Å². The van der Waals surface area contributed by atoms with Crippen LogP contribution in [0.3, 0.4) is 0 Å². The summed E-state index contributed by atoms with van der Waals surface area (Å²) in [5.74, 6) is 0. The van der Waals surface area contributed by atoms with E-state index < -0.39 is 4.92 Å². The number of nitro groups is 1. The Kier molecular flexibility index (Phi) is 4.80. The first kappa shape index (κ1) is 14.2. The highest BCUT2D eigenvalue weighted by molar-refractivity contribution is 5.95. The number of hydrogen-bond acceptors (Lipinski definition) is 6. The summed E-state index contributed by atoms with van der Waals surface area (Å²) < 4.78 is 5.25. The average Bonchev–Trinajstić information content (AvgIpc) is 2.46. The van der Waals surface area contributed by atoms with Crippen molar-refractivity contribution in [2.45, 2.75) is 6.42 Å². The Balaban J connectivity index is 2.23. The molecule has 2 aromatic rings. The summed E-state index contributed by atoms with van der Waals surface area (Å²) in [6, 6.07) is 7.18. The van der Waals surface area contributed by atoms with E-state index in [1.807, 2.05) is 6.07 Å². The molecule has 0 unspecified atom stereocenters. The fourth-order valence-electron chi connectivity index (χ4n) is 1.82. The summed E-state index contributed by atoms with van der Waals surface area (Å²) in [5, 5.41) is 23.3. The fraction of sp³-hybridized carbons (Fsp3) is 0.308. The van der Waals surface area contributed by atoms with Crippen molar-refractivity contribution in [2.24, 2.45) is 0 Å². The first-order chi connectivity index (χ1) is 9.74. The van der Waals surface area contributed by atoms with Crippen LogP contribution in [0, 0.1) is 10.1 Å². The van der Waals surface area contributed by atoms with Crippen LogP contribution in [0.15, 0.2) is 30.5 Å². The van der Waals surface area contributed by atoms with Crippen LogP contribution in [0.25, 0.3) is 10.9 Å². The highest BCUT2D eigenvalue weighted by Gasteiger charge is 2.17. The normalized spacial score (nSPS) is 10.7. The number of aliphatic hydroxyl groups excluding tert-OH is 1. The van der Waals surface area contributed by atoms with Crippen LogP contribution in [-0.2, 0) is 4.74 Å². The van der Waals surface area contributed by atoms with Crippen molar-refractivity contribution in [1.82, 2.24) is 4.98 Å². The molecule has 1 heterocycles. The van der Waals surface area contributed by atoms with Gasteiger partial charge in [0, 0.05) is 12.0 Å². The Morgan fingerprint density at radius 2 is 2.20 bits per heavy atom. The van der Waals surface area contributed by atoms with Crippen LogP contribution in [0.5, 0.6) is 0 Å². The predicted octanol–water partition coefficient (Wildman–Crippen LogP) is 1.91. The quantitative estimate of drug-likeness (QED) is 0.347. The third-order valence-corrected chi connectivity index (χ3v) is 2.75. The third kappa shape index (κ3) is 3.19. The summed E-state index contributed by atoms with van der Waals surface area (Å²) in [4.78, 5) is 14.6. The number of fused-ring (bicyclic) bond motifs is 1. The minimum atomic E-state index is -0.477. The number of aliphatic hydroxyl groups is 1. The molecular weight excluding hydrogens is 262 g/mol. The van der Waals surface area contributed by atoms with Gasteiger partial charge < -0.3 is 15.2 Å². The fourth-order valence-corrected chi connectivity index (χ4v) is 1.82. The van der Waals surface area contributed by atoms with E-state index in [0.717, 1.165) is 0 Å². The average molecular weight is 277 g/mol. The zero-order valence-electron chi connectivity index (χ0n) is 10.8. The molecule has 0 fully saturated rings. The van der Waals surface area contributed by atoms with Crippen LogP contribution in [-0.4, -0.2) is 35.0 Å². The number of para-hydroxylation sites is 1. The molecule has 0 radical (unpaired) electrons. The van der Waals surface area contributed by atoms with Gasteiger partial charge in [-0.3, -0.25) is 10.1 Å². The van der Waals surface area contributed by atoms with E-state index in [0.29, 0.717) is 29.6 Å². The number of benzene rings is 1. The molecule has 7 heteroatoms. The number of aromatic nitrogens is 1. The topological polar surface area (TPSA) is 97.5 Å². The molecule has 0 saturated heterocycles. The lowest BCUT2D eigenvalue weighted by molar-refractivity contribution is -0.384. The van der Waals surface area contributed by atoms with Crippen molar-refractivity contribution in [3.63, 3.8) is 0 Å².